The fourth-order valence-corrected chi connectivity index (χ4v) is 42.8. The highest BCUT2D eigenvalue weighted by molar-refractivity contribution is 7.14. The summed E-state index contributed by atoms with van der Waals surface area (Å²) in [5.41, 5.74) is 0. The predicted molar refractivity (Wildman–Crippen MR) is 116 cm³/mol. The standard InChI is InChI=1S/C19H46OSi3/c1-17(2,3)23(18(4,5)6,19(7,8)9)16(21(11,12)13)22(14,15)20-10/h16H,1-15H3. The van der Waals surface area contributed by atoms with Crippen molar-refractivity contribution in [3.63, 3.8) is 0 Å². The topological polar surface area (TPSA) is 9.23 Å². The third-order valence-electron chi connectivity index (χ3n) is 6.07. The maximum atomic E-state index is 6.33. The van der Waals surface area contributed by atoms with E-state index in [-0.39, 0.29) is 0 Å². The molecule has 1 atom stereocenters. The summed E-state index contributed by atoms with van der Waals surface area (Å²) >= 11 is 0. The average Bonchev–Trinajstić information content (AvgIpc) is 2.17. The second-order valence-corrected chi connectivity index (χ2v) is 30.1. The van der Waals surface area contributed by atoms with E-state index < -0.39 is 24.5 Å². The summed E-state index contributed by atoms with van der Waals surface area (Å²) in [6, 6.07) is 0. The molecule has 0 N–H and O–H groups in total. The lowest BCUT2D eigenvalue weighted by molar-refractivity contribution is 0.399. The minimum Gasteiger partial charge on any atom is -0.421 e. The summed E-state index contributed by atoms with van der Waals surface area (Å²) in [5.74, 6) is 0. The first-order valence-electron chi connectivity index (χ1n) is 9.23. The maximum absolute atomic E-state index is 6.33. The number of hydrogen-bond donors (Lipinski definition) is 0. The van der Waals surface area contributed by atoms with Gasteiger partial charge in [-0.15, -0.1) is 0 Å². The molecule has 0 aliphatic rings. The van der Waals surface area contributed by atoms with Crippen molar-refractivity contribution >= 4 is 24.5 Å². The van der Waals surface area contributed by atoms with Gasteiger partial charge >= 0.3 is 0 Å². The fraction of sp³-hybridized carbons (Fsp3) is 1.00. The van der Waals surface area contributed by atoms with Crippen LogP contribution < -0.4 is 0 Å². The molecule has 0 aromatic carbocycles. The van der Waals surface area contributed by atoms with Gasteiger partial charge in [0.05, 0.1) is 8.07 Å². The van der Waals surface area contributed by atoms with Gasteiger partial charge in [-0.3, -0.25) is 0 Å². The second-order valence-electron chi connectivity index (χ2n) is 12.2. The van der Waals surface area contributed by atoms with Gasteiger partial charge in [0.15, 0.2) is 8.32 Å². The van der Waals surface area contributed by atoms with Crippen LogP contribution in [0.3, 0.4) is 0 Å². The first kappa shape index (κ1) is 23.6. The van der Waals surface area contributed by atoms with E-state index in [1.807, 2.05) is 7.11 Å². The molecule has 0 aromatic heterocycles. The van der Waals surface area contributed by atoms with Gasteiger partial charge in [0, 0.05) is 15.2 Å². The summed E-state index contributed by atoms with van der Waals surface area (Å²) in [6.07, 6.45) is 0. The molecule has 4 heteroatoms. The molecule has 0 rings (SSSR count). The van der Waals surface area contributed by atoms with Gasteiger partial charge in [-0.1, -0.05) is 82.0 Å². The van der Waals surface area contributed by atoms with E-state index in [4.69, 9.17) is 4.43 Å². The van der Waals surface area contributed by atoms with Crippen LogP contribution in [0.5, 0.6) is 0 Å². The molecule has 0 bridgehead atoms. The SMILES string of the molecule is CO[Si](C)(C)C([Si](C)(C)C)[Si](C(C)(C)C)(C(C)(C)C)C(C)(C)C. The van der Waals surface area contributed by atoms with Crippen molar-refractivity contribution in [2.75, 3.05) is 7.11 Å². The van der Waals surface area contributed by atoms with E-state index in [0.29, 0.717) is 15.1 Å². The smallest absolute Gasteiger partial charge is 0.184 e. The van der Waals surface area contributed by atoms with Crippen LogP contribution in [0.4, 0.5) is 0 Å². The third-order valence-corrected chi connectivity index (χ3v) is 30.2. The Bertz CT molecular complexity index is 364. The Labute approximate surface area is 151 Å². The highest BCUT2D eigenvalue weighted by Crippen LogP contribution is 2.69. The Balaban J connectivity index is 7.14. The van der Waals surface area contributed by atoms with Crippen molar-refractivity contribution in [3.8, 4) is 0 Å². The van der Waals surface area contributed by atoms with Gasteiger partial charge < -0.3 is 4.43 Å². The molecule has 0 radical (unpaired) electrons. The van der Waals surface area contributed by atoms with Gasteiger partial charge in [0.25, 0.3) is 0 Å². The molecular weight excluding hydrogens is 328 g/mol. The van der Waals surface area contributed by atoms with Crippen molar-refractivity contribution in [3.05, 3.63) is 0 Å². The molecule has 0 aliphatic heterocycles. The van der Waals surface area contributed by atoms with Crippen LogP contribution in [0.2, 0.25) is 52.6 Å². The zero-order chi connectivity index (χ0) is 19.3. The Kier molecular flexibility index (Phi) is 6.57. The quantitative estimate of drug-likeness (QED) is 0.463. The van der Waals surface area contributed by atoms with Crippen LogP contribution in [0.25, 0.3) is 0 Å². The van der Waals surface area contributed by atoms with Crippen molar-refractivity contribution in [2.45, 2.75) is 115 Å². The Hall–Kier alpha value is 0.611. The minimum absolute atomic E-state index is 0.344. The van der Waals surface area contributed by atoms with Gasteiger partial charge in [-0.2, -0.15) is 0 Å². The Morgan fingerprint density at radius 2 is 0.870 bits per heavy atom. The van der Waals surface area contributed by atoms with E-state index in [1.165, 1.54) is 0 Å². The Morgan fingerprint density at radius 3 is 1.00 bits per heavy atom. The first-order chi connectivity index (χ1) is 9.68. The van der Waals surface area contributed by atoms with Gasteiger partial charge in [-0.25, -0.2) is 0 Å². The first-order valence-corrected chi connectivity index (χ1v) is 17.9. The largest absolute Gasteiger partial charge is 0.421 e. The van der Waals surface area contributed by atoms with E-state index in [2.05, 4.69) is 95.0 Å². The maximum Gasteiger partial charge on any atom is 0.184 e. The molecular formula is C19H46OSi3. The van der Waals surface area contributed by atoms with Gasteiger partial charge in [0.2, 0.25) is 0 Å². The van der Waals surface area contributed by atoms with E-state index in [9.17, 15) is 0 Å². The normalized spacial score (nSPS) is 17.3. The van der Waals surface area contributed by atoms with Crippen LogP contribution in [0, 0.1) is 0 Å². The molecule has 1 nitrogen and oxygen atoms in total. The summed E-state index contributed by atoms with van der Waals surface area (Å²) in [5, 5.41) is 1.03. The highest BCUT2D eigenvalue weighted by Gasteiger charge is 2.69. The molecule has 0 fully saturated rings. The summed E-state index contributed by atoms with van der Waals surface area (Å²) in [4.78, 5) is 0.812. The fourth-order valence-electron chi connectivity index (χ4n) is 7.01. The second kappa shape index (κ2) is 6.40. The van der Waals surface area contributed by atoms with Crippen LogP contribution >= 0.6 is 0 Å². The lowest BCUT2D eigenvalue weighted by Gasteiger charge is -2.67. The zero-order valence-electron chi connectivity index (χ0n) is 19.0. The molecule has 0 saturated heterocycles. The van der Waals surface area contributed by atoms with Crippen molar-refractivity contribution < 1.29 is 4.43 Å². The highest BCUT2D eigenvalue weighted by atomic mass is 28.5. The molecule has 0 aromatic rings. The lowest BCUT2D eigenvalue weighted by Crippen LogP contribution is -2.72. The van der Waals surface area contributed by atoms with Crippen LogP contribution in [0.1, 0.15) is 62.3 Å². The summed E-state index contributed by atoms with van der Waals surface area (Å²) < 4.78 is 6.33. The van der Waals surface area contributed by atoms with E-state index in [1.54, 1.807) is 0 Å². The minimum atomic E-state index is -1.82. The number of rotatable bonds is 4. The third kappa shape index (κ3) is 4.06. The summed E-state index contributed by atoms with van der Waals surface area (Å²) in [7, 11) is -3.04. The molecule has 0 spiro atoms. The number of hydrogen-bond acceptors (Lipinski definition) is 1. The predicted octanol–water partition coefficient (Wildman–Crippen LogP) is 7.47. The molecule has 0 amide bonds. The van der Waals surface area contributed by atoms with Crippen LogP contribution in [0.15, 0.2) is 0 Å². The van der Waals surface area contributed by atoms with Crippen LogP contribution in [-0.4, -0.2) is 31.6 Å². The van der Waals surface area contributed by atoms with Crippen molar-refractivity contribution in [2.24, 2.45) is 0 Å². The Morgan fingerprint density at radius 1 is 0.609 bits per heavy atom. The summed E-state index contributed by atoms with van der Waals surface area (Å²) in [6.45, 7) is 35.5. The van der Waals surface area contributed by atoms with Crippen molar-refractivity contribution in [1.82, 2.24) is 0 Å². The molecule has 1 unspecified atom stereocenters. The molecule has 0 aliphatic carbocycles. The lowest BCUT2D eigenvalue weighted by atomic mass is 10.2. The van der Waals surface area contributed by atoms with Crippen LogP contribution in [-0.2, 0) is 4.43 Å². The molecule has 23 heavy (non-hydrogen) atoms. The van der Waals surface area contributed by atoms with Crippen molar-refractivity contribution in [1.29, 1.82) is 0 Å². The van der Waals surface area contributed by atoms with E-state index >= 15 is 0 Å². The molecule has 0 saturated carbocycles. The van der Waals surface area contributed by atoms with E-state index in [0.717, 1.165) is 4.79 Å². The molecule has 140 valence electrons. The van der Waals surface area contributed by atoms with Gasteiger partial charge in [-0.05, 0) is 33.0 Å². The zero-order valence-corrected chi connectivity index (χ0v) is 22.0. The average molecular weight is 375 g/mol. The van der Waals surface area contributed by atoms with Gasteiger partial charge in [0.1, 0.15) is 0 Å². The molecule has 0 heterocycles. The monoisotopic (exact) mass is 374 g/mol.